The maximum absolute atomic E-state index is 3.98. The van der Waals surface area contributed by atoms with E-state index < -0.39 is 0 Å². The lowest BCUT2D eigenvalue weighted by molar-refractivity contribution is 0.522. The number of nitrogens with zero attached hydrogens (tertiary/aromatic N) is 2. The van der Waals surface area contributed by atoms with Gasteiger partial charge in [-0.3, -0.25) is 0 Å². The first-order valence-corrected chi connectivity index (χ1v) is 3.35. The van der Waals surface area contributed by atoms with Gasteiger partial charge in [-0.2, -0.15) is 0 Å². The van der Waals surface area contributed by atoms with Crippen molar-refractivity contribution < 1.29 is 0 Å². The minimum atomic E-state index is -0.324. The van der Waals surface area contributed by atoms with E-state index in [4.69, 9.17) is 0 Å². The molecule has 0 fully saturated rings. The molecule has 0 aromatic carbocycles. The highest BCUT2D eigenvalue weighted by Gasteiger charge is 2.01. The number of hydrogen-bond acceptors (Lipinski definition) is 2. The summed E-state index contributed by atoms with van der Waals surface area (Å²) < 4.78 is 0. The Bertz CT molecular complexity index is 107. The lowest BCUT2D eigenvalue weighted by atomic mass is 10.1. The smallest absolute Gasteiger partial charge is 0.0478 e. The molecule has 2 nitrogen and oxygen atoms in total. The van der Waals surface area contributed by atoms with Gasteiger partial charge in [0.15, 0.2) is 0 Å². The molecule has 60 valence electrons. The molecule has 0 bridgehead atoms. The number of azo groups is 1. The number of hydrogen-bond donors (Lipinski definition) is 0. The molecule has 0 saturated heterocycles. The molecule has 0 aromatic rings. The molecule has 0 amide bonds. The van der Waals surface area contributed by atoms with E-state index in [1.165, 1.54) is 0 Å². The van der Waals surface area contributed by atoms with E-state index >= 15 is 0 Å². The molecule has 0 heterocycles. The zero-order chi connectivity index (χ0) is 8.41. The van der Waals surface area contributed by atoms with Gasteiger partial charge in [-0.25, -0.2) is 10.2 Å². The minimum absolute atomic E-state index is 0.324. The van der Waals surface area contributed by atoms with E-state index in [1.807, 2.05) is 27.7 Å². The molecular weight excluding hydrogens is 124 g/mol. The van der Waals surface area contributed by atoms with Crippen molar-refractivity contribution in [1.82, 2.24) is 0 Å². The quantitative estimate of drug-likeness (QED) is 0.416. The second kappa shape index (κ2) is 2.69. The van der Waals surface area contributed by atoms with Crippen molar-refractivity contribution in [3.8, 4) is 0 Å². The molecular formula is C8H16N2-2. The third-order valence-electron chi connectivity index (χ3n) is 0.591. The first-order valence-electron chi connectivity index (χ1n) is 3.35. The molecule has 0 radical (unpaired) electrons. The van der Waals surface area contributed by atoms with Gasteiger partial charge in [0.25, 0.3) is 0 Å². The Labute approximate surface area is 63.7 Å². The van der Waals surface area contributed by atoms with E-state index in [0.717, 1.165) is 0 Å². The summed E-state index contributed by atoms with van der Waals surface area (Å²) >= 11 is 0. The molecule has 0 saturated carbocycles. The fraction of sp³-hybridized carbons (Fsp3) is 0.750. The van der Waals surface area contributed by atoms with Gasteiger partial charge in [0, 0.05) is 0 Å². The second-order valence-electron chi connectivity index (χ2n) is 3.82. The summed E-state index contributed by atoms with van der Waals surface area (Å²) in [6.07, 6.45) is 0. The summed E-state index contributed by atoms with van der Waals surface area (Å²) in [4.78, 5) is 0. The van der Waals surface area contributed by atoms with Crippen LogP contribution in [0.2, 0.25) is 0 Å². The summed E-state index contributed by atoms with van der Waals surface area (Å²) in [5.74, 6) is 0. The van der Waals surface area contributed by atoms with Gasteiger partial charge in [-0.05, 0) is 11.1 Å². The third kappa shape index (κ3) is 7.60. The second-order valence-corrected chi connectivity index (χ2v) is 3.82. The van der Waals surface area contributed by atoms with Gasteiger partial charge in [-0.1, -0.05) is 27.7 Å². The summed E-state index contributed by atoms with van der Waals surface area (Å²) in [7, 11) is 0. The van der Waals surface area contributed by atoms with Crippen molar-refractivity contribution in [2.45, 2.75) is 38.8 Å². The molecule has 0 aliphatic carbocycles. The topological polar surface area (TPSA) is 24.7 Å². The van der Waals surface area contributed by atoms with Gasteiger partial charge >= 0.3 is 0 Å². The lowest BCUT2D eigenvalue weighted by Crippen LogP contribution is -2.14. The van der Waals surface area contributed by atoms with Gasteiger partial charge in [0.2, 0.25) is 0 Å². The molecule has 2 heteroatoms. The summed E-state index contributed by atoms with van der Waals surface area (Å²) in [6.45, 7) is 15.2. The molecule has 0 unspecified atom stereocenters. The zero-order valence-electron chi connectivity index (χ0n) is 7.31. The molecule has 0 spiro atoms. The van der Waals surface area contributed by atoms with E-state index in [2.05, 4.69) is 24.1 Å². The Hall–Kier alpha value is -0.400. The summed E-state index contributed by atoms with van der Waals surface area (Å²) in [6, 6.07) is 0. The van der Waals surface area contributed by atoms with Crippen LogP contribution in [0.25, 0.3) is 0 Å². The van der Waals surface area contributed by atoms with Crippen LogP contribution in [-0.2, 0) is 0 Å². The Morgan fingerprint density at radius 1 is 0.800 bits per heavy atom. The van der Waals surface area contributed by atoms with Gasteiger partial charge in [-0.15, -0.1) is 0 Å². The van der Waals surface area contributed by atoms with Gasteiger partial charge in [0.05, 0.1) is 0 Å². The summed E-state index contributed by atoms with van der Waals surface area (Å²) in [5, 5.41) is 7.96. The molecule has 0 aliphatic rings. The van der Waals surface area contributed by atoms with Crippen LogP contribution in [0.3, 0.4) is 0 Å². The normalized spacial score (nSPS) is 14.6. The van der Waals surface area contributed by atoms with Crippen LogP contribution in [0, 0.1) is 13.8 Å². The van der Waals surface area contributed by atoms with Crippen LogP contribution in [0.15, 0.2) is 10.2 Å². The Balaban J connectivity index is 4.01. The Morgan fingerprint density at radius 2 is 1.00 bits per heavy atom. The monoisotopic (exact) mass is 140 g/mol. The van der Waals surface area contributed by atoms with Crippen LogP contribution >= 0.6 is 0 Å². The lowest BCUT2D eigenvalue weighted by Gasteiger charge is -2.24. The highest BCUT2D eigenvalue weighted by molar-refractivity contribution is 4.83. The van der Waals surface area contributed by atoms with Gasteiger partial charge in [0.1, 0.15) is 0 Å². The fourth-order valence-electron chi connectivity index (χ4n) is 0.271. The highest BCUT2D eigenvalue weighted by atomic mass is 15.2. The van der Waals surface area contributed by atoms with Crippen LogP contribution in [0.4, 0.5) is 0 Å². The average Bonchev–Trinajstić information content (AvgIpc) is 1.57. The predicted octanol–water partition coefficient (Wildman–Crippen LogP) is 2.66. The van der Waals surface area contributed by atoms with E-state index in [1.54, 1.807) is 0 Å². The Kier molecular flexibility index (Phi) is 2.58. The number of rotatable bonds is 2. The largest absolute Gasteiger partial charge is 0.315 e. The van der Waals surface area contributed by atoms with Crippen LogP contribution in [-0.4, -0.2) is 11.1 Å². The SMILES string of the molecule is [CH2-]C(C)(C)N=NC([CH2-])(C)C. The third-order valence-corrected chi connectivity index (χ3v) is 0.591. The fourth-order valence-corrected chi connectivity index (χ4v) is 0.271. The van der Waals surface area contributed by atoms with E-state index in [-0.39, 0.29) is 11.1 Å². The van der Waals surface area contributed by atoms with E-state index in [0.29, 0.717) is 0 Å². The van der Waals surface area contributed by atoms with Crippen LogP contribution in [0.5, 0.6) is 0 Å². The van der Waals surface area contributed by atoms with Crippen LogP contribution < -0.4 is 0 Å². The van der Waals surface area contributed by atoms with E-state index in [9.17, 15) is 0 Å². The molecule has 0 aromatic heterocycles. The zero-order valence-corrected chi connectivity index (χ0v) is 7.31. The minimum Gasteiger partial charge on any atom is -0.315 e. The Morgan fingerprint density at radius 3 is 1.10 bits per heavy atom. The summed E-state index contributed by atoms with van der Waals surface area (Å²) in [5.41, 5.74) is -0.649. The molecule has 10 heavy (non-hydrogen) atoms. The van der Waals surface area contributed by atoms with Crippen molar-refractivity contribution in [2.24, 2.45) is 10.2 Å². The average molecular weight is 140 g/mol. The first kappa shape index (κ1) is 9.60. The standard InChI is InChI=1S/C8H16N2/c1-7(2,3)9-10-8(4,5)6/h1,4H2,2-3,5-6H3/q-2. The van der Waals surface area contributed by atoms with Crippen LogP contribution in [0.1, 0.15) is 27.7 Å². The maximum atomic E-state index is 3.98. The van der Waals surface area contributed by atoms with Crippen molar-refractivity contribution in [3.63, 3.8) is 0 Å². The first-order chi connectivity index (χ1) is 4.21. The van der Waals surface area contributed by atoms with Gasteiger partial charge < -0.3 is 13.8 Å². The predicted molar refractivity (Wildman–Crippen MR) is 43.7 cm³/mol. The molecule has 0 atom stereocenters. The van der Waals surface area contributed by atoms with Crippen molar-refractivity contribution >= 4 is 0 Å². The van der Waals surface area contributed by atoms with Crippen molar-refractivity contribution in [3.05, 3.63) is 13.8 Å². The van der Waals surface area contributed by atoms with Crippen molar-refractivity contribution in [2.75, 3.05) is 0 Å². The molecule has 0 N–H and O–H groups in total. The molecule has 0 aliphatic heterocycles. The highest BCUT2D eigenvalue weighted by Crippen LogP contribution is 2.12. The maximum Gasteiger partial charge on any atom is -0.0478 e. The molecule has 0 rings (SSSR count). The van der Waals surface area contributed by atoms with Crippen molar-refractivity contribution in [1.29, 1.82) is 0 Å².